The number of unbranched alkanes of at least 4 members (excludes halogenated alkanes) is 4. The van der Waals surface area contributed by atoms with Crippen LogP contribution in [0.2, 0.25) is 0 Å². The zero-order valence-electron chi connectivity index (χ0n) is 74.6. The molecule has 8 saturated carbocycles. The number of hydrogen-bond donors (Lipinski definition) is 4. The molecule has 24 unspecified atom stereocenters. The Kier molecular flexibility index (Phi) is 29.9. The first-order valence-electron chi connectivity index (χ1n) is 48.0. The summed E-state index contributed by atoms with van der Waals surface area (Å²) in [7, 11) is 0. The van der Waals surface area contributed by atoms with E-state index < -0.39 is 11.4 Å². The van der Waals surface area contributed by atoms with Gasteiger partial charge >= 0.3 is 11.9 Å². The Balaban J connectivity index is 1.42. The van der Waals surface area contributed by atoms with Gasteiger partial charge in [0.25, 0.3) is 0 Å². The van der Waals surface area contributed by atoms with Crippen LogP contribution in [0.3, 0.4) is 0 Å². The minimum atomic E-state index is -0.997. The van der Waals surface area contributed by atoms with E-state index in [1.54, 1.807) is 0 Å². The molecule has 614 valence electrons. The molecule has 10 aliphatic rings. The molecule has 0 aromatic rings. The summed E-state index contributed by atoms with van der Waals surface area (Å²) in [6.45, 7) is 63.9. The lowest BCUT2D eigenvalue weighted by molar-refractivity contribution is -0.201. The van der Waals surface area contributed by atoms with Gasteiger partial charge in [-0.2, -0.15) is 0 Å². The largest absolute Gasteiger partial charge is 0.481 e. The van der Waals surface area contributed by atoms with E-state index >= 15 is 4.79 Å². The highest BCUT2D eigenvalue weighted by atomic mass is 16.4. The molecule has 2 heterocycles. The number of carboxylic acids is 2. The average molecular weight is 1470 g/mol. The molecule has 10 fully saturated rings. The normalized spacial score (nSPS) is 45.4. The Morgan fingerprint density at radius 1 is 0.292 bits per heavy atom. The average Bonchev–Trinajstić information content (AvgIpc) is 0.685. The Bertz CT molecular complexity index is 2280. The summed E-state index contributed by atoms with van der Waals surface area (Å²) in [4.78, 5) is 30.5. The molecule has 4 N–H and O–H groups in total. The first-order chi connectivity index (χ1) is 50.0. The third kappa shape index (κ3) is 17.9. The second-order valence-corrected chi connectivity index (χ2v) is 46.1. The molecule has 0 aromatic heterocycles. The molecular weight excluding hydrogens is 1290 g/mol. The lowest BCUT2D eigenvalue weighted by atomic mass is 9.40. The van der Waals surface area contributed by atoms with Crippen LogP contribution in [0, 0.1) is 207 Å². The van der Waals surface area contributed by atoms with Gasteiger partial charge in [0.15, 0.2) is 0 Å². The zero-order chi connectivity index (χ0) is 77.4. The highest BCUT2D eigenvalue weighted by Crippen LogP contribution is 2.71. The number of piperidine rings is 2. The number of hydrogen-bond acceptors (Lipinski definition) is 4. The molecule has 0 bridgehead atoms. The minimum absolute atomic E-state index is 0.00311. The van der Waals surface area contributed by atoms with Gasteiger partial charge in [-0.25, -0.2) is 0 Å². The van der Waals surface area contributed by atoms with Gasteiger partial charge in [0.1, 0.15) is 0 Å². The second kappa shape index (κ2) is 36.4. The van der Waals surface area contributed by atoms with E-state index in [0.717, 1.165) is 57.8 Å². The van der Waals surface area contributed by atoms with E-state index in [4.69, 9.17) is 10.6 Å². The first kappa shape index (κ1) is 87.2. The lowest BCUT2D eigenvalue weighted by Crippen LogP contribution is -2.80. The molecule has 0 radical (unpaired) electrons. The molecule has 6 nitrogen and oxygen atoms in total. The van der Waals surface area contributed by atoms with E-state index in [1.807, 2.05) is 0 Å². The molecule has 106 heavy (non-hydrogen) atoms. The first-order valence-corrected chi connectivity index (χ1v) is 48.0. The van der Waals surface area contributed by atoms with Crippen molar-refractivity contribution < 1.29 is 19.8 Å². The standard InChI is InChI=1S/C100H180N2O4/c1-60(2)78-39-31-68(17)48-86(78)97(87-49-69(18)32-40-79(87)61(3)4)56-76(57-98(101-97,88-50-70(19)33-41-80(88)62(5)6)89-51-71(20)34-42-81(89)63(7)8)96(95(105)106,47-29-27-25-26-28-30-94(103)104)77-58-99(90-52-72(21)35-43-82(90)64(9)10,91-53-73(22)36-44-83(91)65(11)12)102-100(59-77,92-54-74(23)37-45-84(92)66(13)14)93-55-75(24)38-46-85(93)67(15)16/h60-93,101-102H,25-59H2,1-24H3,(H,103,104)(H,105,106). The summed E-state index contributed by atoms with van der Waals surface area (Å²) in [5.74, 6) is 16.8. The highest BCUT2D eigenvalue weighted by Gasteiger charge is 2.73. The summed E-state index contributed by atoms with van der Waals surface area (Å²) < 4.78 is 0. The van der Waals surface area contributed by atoms with Crippen LogP contribution in [0.4, 0.5) is 0 Å². The Morgan fingerprint density at radius 3 is 0.642 bits per heavy atom. The molecule has 8 aliphatic carbocycles. The fourth-order valence-electron chi connectivity index (χ4n) is 31.4. The smallest absolute Gasteiger partial charge is 0.310 e. The third-order valence-corrected chi connectivity index (χ3v) is 36.6. The van der Waals surface area contributed by atoms with Crippen molar-refractivity contribution in [1.29, 1.82) is 0 Å². The summed E-state index contributed by atoms with van der Waals surface area (Å²) >= 11 is 0. The van der Waals surface area contributed by atoms with Crippen LogP contribution in [0.1, 0.15) is 391 Å². The number of carboxylic acid groups (broad SMARTS) is 2. The predicted octanol–water partition coefficient (Wildman–Crippen LogP) is 27.5. The monoisotopic (exact) mass is 1470 g/mol. The summed E-state index contributed by atoms with van der Waals surface area (Å²) in [5.41, 5.74) is -1.98. The van der Waals surface area contributed by atoms with Crippen molar-refractivity contribution >= 4 is 11.9 Å². The van der Waals surface area contributed by atoms with Gasteiger partial charge in [0, 0.05) is 28.6 Å². The SMILES string of the molecule is CC1CCC(C(C)C)C(C2(C3CC(C)CCC3C(C)C)CC(C(CCCCCCCC(=O)O)(C(=O)O)C3CC(C4CC(C)CCC4C(C)C)(C4CC(C)CCC4C(C)C)NC(C4CC(C)CCC4C(C)C)(C4CC(C)CCC4C(C)C)C3)CC(C3CC(C)CCC3C(C)C)(C3CC(C)CCC3C(C)C)N2)C1. The second-order valence-electron chi connectivity index (χ2n) is 46.1. The molecule has 0 spiro atoms. The molecule has 2 saturated heterocycles. The van der Waals surface area contributed by atoms with Crippen LogP contribution in [-0.4, -0.2) is 44.3 Å². The topological polar surface area (TPSA) is 98.7 Å². The Hall–Kier alpha value is -1.14. The van der Waals surface area contributed by atoms with Gasteiger partial charge < -0.3 is 20.8 Å². The van der Waals surface area contributed by atoms with Gasteiger partial charge in [-0.15, -0.1) is 0 Å². The van der Waals surface area contributed by atoms with E-state index in [0.29, 0.717) is 196 Å². The van der Waals surface area contributed by atoms with Crippen LogP contribution in [0.25, 0.3) is 0 Å². The van der Waals surface area contributed by atoms with Crippen molar-refractivity contribution in [3.8, 4) is 0 Å². The molecule has 24 atom stereocenters. The van der Waals surface area contributed by atoms with Crippen molar-refractivity contribution in [1.82, 2.24) is 10.6 Å². The molecule has 6 heteroatoms. The predicted molar refractivity (Wildman–Crippen MR) is 451 cm³/mol. The summed E-state index contributed by atoms with van der Waals surface area (Å²) in [6, 6.07) is 0. The molecule has 2 aliphatic heterocycles. The van der Waals surface area contributed by atoms with Gasteiger partial charge in [-0.3, -0.25) is 9.59 Å². The van der Waals surface area contributed by atoms with E-state index in [1.165, 1.54) is 154 Å². The summed E-state index contributed by atoms with van der Waals surface area (Å²) in [5, 5.41) is 36.5. The molecule has 0 aromatic carbocycles. The Labute approximate surface area is 658 Å². The number of nitrogens with one attached hydrogen (secondary N) is 2. The quantitative estimate of drug-likeness (QED) is 0.0612. The van der Waals surface area contributed by atoms with Crippen molar-refractivity contribution in [3.05, 3.63) is 0 Å². The maximum absolute atomic E-state index is 18.2. The van der Waals surface area contributed by atoms with Crippen LogP contribution in [-0.2, 0) is 9.59 Å². The van der Waals surface area contributed by atoms with E-state index in [-0.39, 0.29) is 46.4 Å². The molecule has 0 amide bonds. The maximum atomic E-state index is 18.2. The van der Waals surface area contributed by atoms with Crippen molar-refractivity contribution in [2.24, 2.45) is 207 Å². The van der Waals surface area contributed by atoms with Gasteiger partial charge in [-0.1, -0.05) is 243 Å². The number of carbonyl (C=O) groups is 2. The molecule has 10 rings (SSSR count). The van der Waals surface area contributed by atoms with Crippen LogP contribution in [0.15, 0.2) is 0 Å². The van der Waals surface area contributed by atoms with Crippen molar-refractivity contribution in [3.63, 3.8) is 0 Å². The van der Waals surface area contributed by atoms with Crippen molar-refractivity contribution in [2.75, 3.05) is 0 Å². The van der Waals surface area contributed by atoms with Crippen molar-refractivity contribution in [2.45, 2.75) is 413 Å². The van der Waals surface area contributed by atoms with Gasteiger partial charge in [0.2, 0.25) is 0 Å². The maximum Gasteiger partial charge on any atom is 0.310 e. The van der Waals surface area contributed by atoms with Gasteiger partial charge in [-0.05, 0) is 342 Å². The van der Waals surface area contributed by atoms with Crippen LogP contribution >= 0.6 is 0 Å². The van der Waals surface area contributed by atoms with Crippen LogP contribution in [0.5, 0.6) is 0 Å². The minimum Gasteiger partial charge on any atom is -0.481 e. The number of aliphatic carboxylic acids is 2. The van der Waals surface area contributed by atoms with Crippen LogP contribution < -0.4 is 10.6 Å². The highest BCUT2D eigenvalue weighted by molar-refractivity contribution is 5.76. The molecular formula is C100H180N2O4. The van der Waals surface area contributed by atoms with E-state index in [9.17, 15) is 15.0 Å². The van der Waals surface area contributed by atoms with Gasteiger partial charge in [0.05, 0.1) is 5.41 Å². The fraction of sp³-hybridized carbons (Fsp3) is 0.980. The Morgan fingerprint density at radius 2 is 0.472 bits per heavy atom. The fourth-order valence-corrected chi connectivity index (χ4v) is 31.4. The third-order valence-electron chi connectivity index (χ3n) is 36.6. The zero-order valence-corrected chi connectivity index (χ0v) is 74.6. The van der Waals surface area contributed by atoms with E-state index in [2.05, 4.69) is 166 Å². The lowest BCUT2D eigenvalue weighted by Gasteiger charge is -2.72. The summed E-state index contributed by atoms with van der Waals surface area (Å²) in [6.07, 6.45) is 40.8. The number of rotatable bonds is 27.